The van der Waals surface area contributed by atoms with Crippen LogP contribution < -0.4 is 0 Å². The van der Waals surface area contributed by atoms with E-state index >= 15 is 0 Å². The third kappa shape index (κ3) is 9.16. The highest BCUT2D eigenvalue weighted by Gasteiger charge is 2.27. The summed E-state index contributed by atoms with van der Waals surface area (Å²) in [6.45, 7) is 4.38. The lowest BCUT2D eigenvalue weighted by molar-refractivity contribution is -0.394. The van der Waals surface area contributed by atoms with Crippen LogP contribution in [0.3, 0.4) is 0 Å². The van der Waals surface area contributed by atoms with E-state index in [9.17, 15) is 39.4 Å². The lowest BCUT2D eigenvalue weighted by Gasteiger charge is -2.22. The Morgan fingerprint density at radius 3 is 2.05 bits per heavy atom. The molecular weight excluding hydrogens is 496 g/mol. The Hall–Kier alpha value is -4.62. The van der Waals surface area contributed by atoms with Crippen molar-refractivity contribution in [3.05, 3.63) is 68.3 Å². The van der Waals surface area contributed by atoms with E-state index in [1.165, 1.54) is 19.9 Å². The molecule has 1 aliphatic rings. The fraction of sp³-hybridized carbons (Fsp3) is 0.391. The summed E-state index contributed by atoms with van der Waals surface area (Å²) in [7, 11) is 0. The molecule has 1 heterocycles. The Balaban J connectivity index is 2.34. The first-order chi connectivity index (χ1) is 17.3. The normalized spacial score (nSPS) is 25.1. The Morgan fingerprint density at radius 1 is 0.892 bits per heavy atom. The molecule has 1 aromatic carbocycles. The Bertz CT molecular complexity index is 1110. The van der Waals surface area contributed by atoms with Crippen molar-refractivity contribution < 1.29 is 48.0 Å². The Labute approximate surface area is 210 Å². The van der Waals surface area contributed by atoms with Gasteiger partial charge in [0.25, 0.3) is 11.4 Å². The number of ether oxygens (including phenoxy) is 4. The van der Waals surface area contributed by atoms with Crippen molar-refractivity contribution in [2.75, 3.05) is 0 Å². The van der Waals surface area contributed by atoms with Crippen LogP contribution in [0.2, 0.25) is 0 Å². The van der Waals surface area contributed by atoms with Gasteiger partial charge in [0.1, 0.15) is 18.3 Å². The molecule has 1 aliphatic heterocycles. The maximum atomic E-state index is 12.7. The van der Waals surface area contributed by atoms with Crippen LogP contribution in [0.25, 0.3) is 0 Å². The molecule has 4 atom stereocenters. The summed E-state index contributed by atoms with van der Waals surface area (Å²) in [5.74, 6) is -3.58. The summed E-state index contributed by atoms with van der Waals surface area (Å²) in [5, 5.41) is 22.3. The van der Waals surface area contributed by atoms with E-state index in [1.807, 2.05) is 0 Å². The number of nitro benzene ring substituents is 2. The van der Waals surface area contributed by atoms with Crippen LogP contribution >= 0.6 is 0 Å². The van der Waals surface area contributed by atoms with Gasteiger partial charge in [-0.2, -0.15) is 0 Å². The second-order valence-electron chi connectivity index (χ2n) is 8.01. The van der Waals surface area contributed by atoms with Crippen molar-refractivity contribution in [3.8, 4) is 0 Å². The summed E-state index contributed by atoms with van der Waals surface area (Å²) >= 11 is 0. The molecule has 0 spiro atoms. The number of cyclic esters (lactones) is 3. The largest absolute Gasteiger partial charge is 0.459 e. The van der Waals surface area contributed by atoms with Crippen LogP contribution in [0.4, 0.5) is 11.4 Å². The lowest BCUT2D eigenvalue weighted by atomic mass is 10.1. The van der Waals surface area contributed by atoms with Gasteiger partial charge >= 0.3 is 23.9 Å². The number of nitrogens with zero attached hydrogens (tertiary/aromatic N) is 2. The van der Waals surface area contributed by atoms with Gasteiger partial charge in [0, 0.05) is 30.7 Å². The highest BCUT2D eigenvalue weighted by molar-refractivity contribution is 5.91. The van der Waals surface area contributed by atoms with Gasteiger partial charge in [-0.3, -0.25) is 25.0 Å². The van der Waals surface area contributed by atoms with Gasteiger partial charge in [-0.1, -0.05) is 6.08 Å². The number of non-ortho nitro benzene ring substituents is 2. The minimum absolute atomic E-state index is 0.186. The molecule has 0 N–H and O–H groups in total. The molecule has 2 rings (SSSR count). The highest BCUT2D eigenvalue weighted by Crippen LogP contribution is 2.24. The SMILES string of the molecule is C[C@@H]1OC(=O)C[C@H](C)OC(=O)/C=C/C[C@H](C)OC(=O)/C=C/[C@H]1OC(=O)c1cc([N+](=O)[O-])cc([N+](=O)[O-])c1. The predicted octanol–water partition coefficient (Wildman–Crippen LogP) is 2.73. The number of nitro groups is 2. The molecule has 14 nitrogen and oxygen atoms in total. The minimum Gasteiger partial charge on any atom is -0.459 e. The van der Waals surface area contributed by atoms with Gasteiger partial charge in [-0.25, -0.2) is 14.4 Å². The number of benzene rings is 1. The van der Waals surface area contributed by atoms with Crippen LogP contribution in [0.15, 0.2) is 42.5 Å². The number of rotatable bonds is 4. The Morgan fingerprint density at radius 2 is 1.46 bits per heavy atom. The molecule has 0 bridgehead atoms. The quantitative estimate of drug-likeness (QED) is 0.244. The molecule has 0 aliphatic carbocycles. The first kappa shape index (κ1) is 28.6. The molecule has 0 radical (unpaired) electrons. The van der Waals surface area contributed by atoms with Crippen molar-refractivity contribution in [2.45, 2.75) is 58.0 Å². The summed E-state index contributed by atoms with van der Waals surface area (Å²) in [6, 6.07) is 2.24. The summed E-state index contributed by atoms with van der Waals surface area (Å²) < 4.78 is 20.8. The van der Waals surface area contributed by atoms with Crippen LogP contribution in [0, 0.1) is 20.2 Å². The van der Waals surface area contributed by atoms with E-state index in [2.05, 4.69) is 0 Å². The molecular formula is C23H24N2O12. The third-order valence-corrected chi connectivity index (χ3v) is 4.82. The molecule has 0 amide bonds. The zero-order valence-electron chi connectivity index (χ0n) is 20.1. The van der Waals surface area contributed by atoms with Crippen molar-refractivity contribution in [3.63, 3.8) is 0 Å². The topological polar surface area (TPSA) is 191 Å². The van der Waals surface area contributed by atoms with E-state index in [-0.39, 0.29) is 12.8 Å². The zero-order valence-corrected chi connectivity index (χ0v) is 20.1. The van der Waals surface area contributed by atoms with Gasteiger partial charge in [-0.15, -0.1) is 0 Å². The number of esters is 4. The number of hydrogen-bond donors (Lipinski definition) is 0. The monoisotopic (exact) mass is 520 g/mol. The summed E-state index contributed by atoms with van der Waals surface area (Å²) in [6.07, 6.45) is 0.384. The van der Waals surface area contributed by atoms with Gasteiger partial charge in [-0.05, 0) is 26.8 Å². The average molecular weight is 520 g/mol. The fourth-order valence-corrected chi connectivity index (χ4v) is 3.06. The second-order valence-corrected chi connectivity index (χ2v) is 8.01. The van der Waals surface area contributed by atoms with Crippen LogP contribution in [-0.2, 0) is 33.3 Å². The number of hydrogen-bond acceptors (Lipinski definition) is 12. The first-order valence-corrected chi connectivity index (χ1v) is 11.0. The van der Waals surface area contributed by atoms with Gasteiger partial charge in [0.2, 0.25) is 0 Å². The van der Waals surface area contributed by atoms with E-state index in [1.54, 1.807) is 6.92 Å². The molecule has 1 aromatic rings. The molecule has 0 saturated heterocycles. The molecule has 0 saturated carbocycles. The Kier molecular flexibility index (Phi) is 9.98. The first-order valence-electron chi connectivity index (χ1n) is 11.0. The van der Waals surface area contributed by atoms with Crippen molar-refractivity contribution in [2.24, 2.45) is 0 Å². The van der Waals surface area contributed by atoms with E-state index in [4.69, 9.17) is 18.9 Å². The zero-order chi connectivity index (χ0) is 27.7. The van der Waals surface area contributed by atoms with E-state index in [0.29, 0.717) is 6.07 Å². The van der Waals surface area contributed by atoms with Crippen molar-refractivity contribution >= 4 is 35.3 Å². The minimum atomic E-state index is -1.40. The summed E-state index contributed by atoms with van der Waals surface area (Å²) in [4.78, 5) is 69.5. The van der Waals surface area contributed by atoms with Gasteiger partial charge in [0.15, 0.2) is 6.10 Å². The van der Waals surface area contributed by atoms with Crippen LogP contribution in [0.5, 0.6) is 0 Å². The van der Waals surface area contributed by atoms with Crippen LogP contribution in [-0.4, -0.2) is 58.1 Å². The predicted molar refractivity (Wildman–Crippen MR) is 123 cm³/mol. The fourth-order valence-electron chi connectivity index (χ4n) is 3.06. The van der Waals surface area contributed by atoms with Crippen LogP contribution in [0.1, 0.15) is 44.0 Å². The van der Waals surface area contributed by atoms with E-state index in [0.717, 1.165) is 30.4 Å². The molecule has 0 fully saturated rings. The molecule has 0 unspecified atom stereocenters. The third-order valence-electron chi connectivity index (χ3n) is 4.82. The second kappa shape index (κ2) is 12.9. The molecule has 0 aromatic heterocycles. The smallest absolute Gasteiger partial charge is 0.339 e. The average Bonchev–Trinajstić information content (AvgIpc) is 2.80. The van der Waals surface area contributed by atoms with Crippen molar-refractivity contribution in [1.29, 1.82) is 0 Å². The highest BCUT2D eigenvalue weighted by atomic mass is 16.6. The summed E-state index contributed by atoms with van der Waals surface area (Å²) in [5.41, 5.74) is -1.95. The van der Waals surface area contributed by atoms with E-state index < -0.39 is 75.1 Å². The lowest BCUT2D eigenvalue weighted by Crippen LogP contribution is -2.33. The standard InChI is InChI=1S/C23H24N2O12/c1-13-5-4-6-20(26)35-14(2)9-22(28)36-15(3)19(7-8-21(27)34-13)37-23(29)16-10-17(24(30)31)12-18(11-16)25(32)33/h4,6-8,10-15,19H,5,9H2,1-3H3/b6-4+,8-7+/t13-,14-,15-,19+/m0/s1. The molecule has 37 heavy (non-hydrogen) atoms. The maximum Gasteiger partial charge on any atom is 0.339 e. The van der Waals surface area contributed by atoms with Gasteiger partial charge in [0.05, 0.1) is 27.9 Å². The number of carbonyl (C=O) groups is 4. The molecule has 198 valence electrons. The number of carbonyl (C=O) groups excluding carboxylic acids is 4. The van der Waals surface area contributed by atoms with Gasteiger partial charge < -0.3 is 18.9 Å². The maximum absolute atomic E-state index is 12.7. The molecule has 14 heteroatoms. The van der Waals surface area contributed by atoms with Crippen molar-refractivity contribution in [1.82, 2.24) is 0 Å².